The van der Waals surface area contributed by atoms with Gasteiger partial charge in [0.15, 0.2) is 5.82 Å². The van der Waals surface area contributed by atoms with Crippen molar-refractivity contribution in [1.82, 2.24) is 25.5 Å². The molecule has 2 fully saturated rings. The summed E-state index contributed by atoms with van der Waals surface area (Å²) < 4.78 is 5.75. The Kier molecular flexibility index (Phi) is 14.5. The molecule has 4 aromatic rings. The summed E-state index contributed by atoms with van der Waals surface area (Å²) in [6.45, 7) is 5.71. The van der Waals surface area contributed by atoms with Gasteiger partial charge in [0.25, 0.3) is 0 Å². The normalized spacial score (nSPS) is 16.9. The first-order valence-electron chi connectivity index (χ1n) is 18.5. The molecule has 6 rings (SSSR count). The molecule has 57 heavy (non-hydrogen) atoms. The lowest BCUT2D eigenvalue weighted by molar-refractivity contribution is -0.129. The smallest absolute Gasteiger partial charge is 0.229 e. The van der Waals surface area contributed by atoms with E-state index in [9.17, 15) is 14.4 Å². The SMILES string of the molecule is COc1cc(N2CCN(C(C)=O)CC2)ccc1Nc1ncc(Cl)c(N2C[C@H](CC(=O)NCc3cccc(Cl)c3Cl)C[C@H](CC(=O)NCc3cccc(Cl)c3Cl)C2)n1. The van der Waals surface area contributed by atoms with Gasteiger partial charge in [0.1, 0.15) is 10.8 Å². The lowest BCUT2D eigenvalue weighted by Crippen LogP contribution is -2.48. The number of piperidine rings is 1. The molecule has 2 atom stereocenters. The quantitative estimate of drug-likeness (QED) is 0.122. The molecular formula is C40H43Cl5N8O4. The lowest BCUT2D eigenvalue weighted by Gasteiger charge is -2.38. The third-order valence-electron chi connectivity index (χ3n) is 10.1. The van der Waals surface area contributed by atoms with Crippen LogP contribution in [0, 0.1) is 11.8 Å². The summed E-state index contributed by atoms with van der Waals surface area (Å²) in [4.78, 5) is 53.8. The maximum absolute atomic E-state index is 13.3. The van der Waals surface area contributed by atoms with Crippen LogP contribution in [0.5, 0.6) is 5.75 Å². The van der Waals surface area contributed by atoms with Gasteiger partial charge < -0.3 is 35.4 Å². The number of methoxy groups -OCH3 is 1. The number of ether oxygens (including phenoxy) is 1. The molecule has 12 nitrogen and oxygen atoms in total. The van der Waals surface area contributed by atoms with Gasteiger partial charge in [0.05, 0.1) is 39.1 Å². The van der Waals surface area contributed by atoms with Crippen molar-refractivity contribution in [3.63, 3.8) is 0 Å². The molecule has 2 aliphatic heterocycles. The molecule has 1 aromatic heterocycles. The molecule has 3 heterocycles. The molecule has 17 heteroatoms. The number of anilines is 4. The number of benzene rings is 3. The van der Waals surface area contributed by atoms with E-state index in [0.29, 0.717) is 105 Å². The molecule has 3 aromatic carbocycles. The molecule has 2 saturated heterocycles. The van der Waals surface area contributed by atoms with Crippen molar-refractivity contribution in [2.24, 2.45) is 11.8 Å². The van der Waals surface area contributed by atoms with Gasteiger partial charge in [-0.05, 0) is 53.6 Å². The standard InChI is InChI=1S/C40H43Cl5N8O4/c1-24(54)51-11-13-52(14-12-51)29-9-10-33(34(18-29)57-2)49-40-48-21-32(43)39(50-40)53-22-25(16-35(55)46-19-27-5-3-7-30(41)37(27)44)15-26(23-53)17-36(56)47-20-28-6-4-8-31(42)38(28)45/h3-10,18,21,25-26H,11-17,19-20,22-23H2,1-2H3,(H,46,55)(H,47,56)(H,48,49,50)/t25-,26+. The fourth-order valence-electron chi connectivity index (χ4n) is 7.23. The van der Waals surface area contributed by atoms with Gasteiger partial charge >= 0.3 is 0 Å². The molecule has 0 aliphatic carbocycles. The van der Waals surface area contributed by atoms with Crippen LogP contribution in [0.3, 0.4) is 0 Å². The molecule has 0 saturated carbocycles. The maximum atomic E-state index is 13.3. The van der Waals surface area contributed by atoms with Crippen molar-refractivity contribution in [3.8, 4) is 5.75 Å². The third-order valence-corrected chi connectivity index (χ3v) is 12.1. The molecule has 3 N–H and O–H groups in total. The summed E-state index contributed by atoms with van der Waals surface area (Å²) >= 11 is 31.9. The molecule has 0 spiro atoms. The van der Waals surface area contributed by atoms with E-state index in [0.717, 1.165) is 5.69 Å². The number of nitrogens with one attached hydrogen (secondary N) is 3. The maximum Gasteiger partial charge on any atom is 0.229 e. The number of nitrogens with zero attached hydrogens (tertiary/aromatic N) is 5. The molecule has 0 radical (unpaired) electrons. The van der Waals surface area contributed by atoms with Crippen molar-refractivity contribution < 1.29 is 19.1 Å². The second-order valence-corrected chi connectivity index (χ2v) is 16.1. The van der Waals surface area contributed by atoms with Gasteiger partial charge in [0, 0.05) is 83.9 Å². The highest BCUT2D eigenvalue weighted by Gasteiger charge is 2.32. The predicted molar refractivity (Wildman–Crippen MR) is 227 cm³/mol. The summed E-state index contributed by atoms with van der Waals surface area (Å²) in [6.07, 6.45) is 2.55. The first kappa shape index (κ1) is 42.4. The van der Waals surface area contributed by atoms with Crippen LogP contribution in [0.15, 0.2) is 60.8 Å². The summed E-state index contributed by atoms with van der Waals surface area (Å²) in [5.41, 5.74) is 3.05. The van der Waals surface area contributed by atoms with Crippen molar-refractivity contribution >= 4 is 98.9 Å². The van der Waals surface area contributed by atoms with Crippen LogP contribution in [0.4, 0.5) is 23.1 Å². The minimum absolute atomic E-state index is 0.0760. The fraction of sp³-hybridized carbons (Fsp3) is 0.375. The first-order valence-corrected chi connectivity index (χ1v) is 20.4. The number of carbonyl (C=O) groups excluding carboxylic acids is 3. The van der Waals surface area contributed by atoms with Gasteiger partial charge in [-0.15, -0.1) is 0 Å². The zero-order valence-corrected chi connectivity index (χ0v) is 35.2. The number of aromatic nitrogens is 2. The number of hydrogen-bond donors (Lipinski definition) is 3. The van der Waals surface area contributed by atoms with Crippen LogP contribution in [-0.4, -0.2) is 79.0 Å². The third kappa shape index (κ3) is 11.1. The van der Waals surface area contributed by atoms with Gasteiger partial charge in [-0.1, -0.05) is 82.3 Å². The Morgan fingerprint density at radius 2 is 1.35 bits per heavy atom. The van der Waals surface area contributed by atoms with Gasteiger partial charge in [-0.25, -0.2) is 4.98 Å². The largest absolute Gasteiger partial charge is 0.494 e. The average Bonchev–Trinajstić information content (AvgIpc) is 3.19. The minimum Gasteiger partial charge on any atom is -0.494 e. The molecule has 302 valence electrons. The van der Waals surface area contributed by atoms with Gasteiger partial charge in [-0.2, -0.15) is 4.98 Å². The Bertz CT molecular complexity index is 2020. The summed E-state index contributed by atoms with van der Waals surface area (Å²) in [6, 6.07) is 16.4. The Balaban J connectivity index is 1.17. The van der Waals surface area contributed by atoms with Crippen molar-refractivity contribution in [2.75, 3.05) is 61.5 Å². The van der Waals surface area contributed by atoms with E-state index in [1.807, 2.05) is 40.1 Å². The van der Waals surface area contributed by atoms with Crippen LogP contribution >= 0.6 is 58.0 Å². The van der Waals surface area contributed by atoms with Crippen LogP contribution in [0.2, 0.25) is 25.1 Å². The molecule has 0 bridgehead atoms. The van der Waals surface area contributed by atoms with Crippen molar-refractivity contribution in [1.29, 1.82) is 0 Å². The van der Waals surface area contributed by atoms with Crippen molar-refractivity contribution in [3.05, 3.63) is 97.0 Å². The summed E-state index contributed by atoms with van der Waals surface area (Å²) in [5.74, 6) is 0.832. The first-order chi connectivity index (χ1) is 27.4. The monoisotopic (exact) mass is 874 g/mol. The zero-order chi connectivity index (χ0) is 40.6. The Morgan fingerprint density at radius 1 is 0.772 bits per heavy atom. The van der Waals surface area contributed by atoms with Gasteiger partial charge in [0.2, 0.25) is 23.7 Å². The highest BCUT2D eigenvalue weighted by atomic mass is 35.5. The molecular weight excluding hydrogens is 834 g/mol. The predicted octanol–water partition coefficient (Wildman–Crippen LogP) is 8.02. The van der Waals surface area contributed by atoms with E-state index in [-0.39, 0.29) is 55.5 Å². The van der Waals surface area contributed by atoms with E-state index in [4.69, 9.17) is 67.7 Å². The van der Waals surface area contributed by atoms with E-state index < -0.39 is 0 Å². The average molecular weight is 877 g/mol. The molecule has 0 unspecified atom stereocenters. The number of piperazine rings is 1. The van der Waals surface area contributed by atoms with E-state index in [1.165, 1.54) is 6.20 Å². The Hall–Kier alpha value is -4.20. The number of rotatable bonds is 13. The van der Waals surface area contributed by atoms with Gasteiger partial charge in [-0.3, -0.25) is 14.4 Å². The topological polar surface area (TPSA) is 132 Å². The molecule has 2 aliphatic rings. The van der Waals surface area contributed by atoms with Crippen LogP contribution < -0.4 is 30.5 Å². The number of amides is 3. The lowest BCUT2D eigenvalue weighted by atomic mass is 9.84. The second-order valence-electron chi connectivity index (χ2n) is 14.1. The highest BCUT2D eigenvalue weighted by Crippen LogP contribution is 2.36. The number of hydrogen-bond acceptors (Lipinski definition) is 9. The summed E-state index contributed by atoms with van der Waals surface area (Å²) in [5, 5.41) is 11.2. The zero-order valence-electron chi connectivity index (χ0n) is 31.5. The van der Waals surface area contributed by atoms with Crippen molar-refractivity contribution in [2.45, 2.75) is 39.3 Å². The van der Waals surface area contributed by atoms with Crippen LogP contribution in [0.1, 0.15) is 37.3 Å². The van der Waals surface area contributed by atoms with Crippen LogP contribution in [-0.2, 0) is 27.5 Å². The van der Waals surface area contributed by atoms with E-state index in [2.05, 4.69) is 25.8 Å². The van der Waals surface area contributed by atoms with E-state index in [1.54, 1.807) is 38.3 Å². The second kappa shape index (κ2) is 19.5. The number of halogens is 5. The van der Waals surface area contributed by atoms with Crippen LogP contribution in [0.25, 0.3) is 0 Å². The highest BCUT2D eigenvalue weighted by molar-refractivity contribution is 6.43. The fourth-order valence-corrected chi connectivity index (χ4v) is 8.22. The Morgan fingerprint density at radius 3 is 1.89 bits per heavy atom. The number of carbonyl (C=O) groups is 3. The molecule has 3 amide bonds. The summed E-state index contributed by atoms with van der Waals surface area (Å²) in [7, 11) is 1.60. The van der Waals surface area contributed by atoms with E-state index >= 15 is 0 Å². The Labute approximate surface area is 357 Å². The minimum atomic E-state index is -0.163.